The lowest BCUT2D eigenvalue weighted by Crippen LogP contribution is -2.52. The highest BCUT2D eigenvalue weighted by Gasteiger charge is 2.32. The van der Waals surface area contributed by atoms with Crippen molar-refractivity contribution in [3.05, 3.63) is 88.4 Å². The highest BCUT2D eigenvalue weighted by Crippen LogP contribution is 2.26. The second-order valence-electron chi connectivity index (χ2n) is 9.66. The fourth-order valence-electron chi connectivity index (χ4n) is 3.95. The molecule has 1 N–H and O–H groups in total. The summed E-state index contributed by atoms with van der Waals surface area (Å²) in [5.74, 6) is -0.300. The average molecular weight is 631 g/mol. The van der Waals surface area contributed by atoms with Crippen LogP contribution < -0.4 is 14.4 Å². The molecule has 0 fully saturated rings. The number of carbonyl (C=O) groups is 2. The van der Waals surface area contributed by atoms with Crippen molar-refractivity contribution in [3.63, 3.8) is 0 Å². The molecule has 40 heavy (non-hydrogen) atoms. The number of benzene rings is 3. The summed E-state index contributed by atoms with van der Waals surface area (Å²) in [6.07, 6.45) is 0.737. The Hall–Kier alpha value is -3.37. The van der Waals surface area contributed by atoms with E-state index < -0.39 is 28.5 Å². The van der Waals surface area contributed by atoms with E-state index in [1.54, 1.807) is 43.3 Å². The number of nitrogens with one attached hydrogen (secondary N) is 1. The zero-order valence-electron chi connectivity index (χ0n) is 23.4. The Balaban J connectivity index is 2.01. The maximum absolute atomic E-state index is 14.0. The van der Waals surface area contributed by atoms with Crippen LogP contribution in [0.1, 0.15) is 38.3 Å². The van der Waals surface area contributed by atoms with E-state index in [-0.39, 0.29) is 23.4 Å². The Bertz CT molecular complexity index is 1390. The molecule has 0 heterocycles. The van der Waals surface area contributed by atoms with E-state index in [0.717, 1.165) is 26.3 Å². The topological polar surface area (TPSA) is 96.0 Å². The summed E-state index contributed by atoms with van der Waals surface area (Å²) < 4.78 is 34.9. The van der Waals surface area contributed by atoms with Gasteiger partial charge in [0.2, 0.25) is 11.8 Å². The molecule has 0 saturated heterocycles. The van der Waals surface area contributed by atoms with Gasteiger partial charge >= 0.3 is 0 Å². The number of rotatable bonds is 12. The smallest absolute Gasteiger partial charge is 0.264 e. The van der Waals surface area contributed by atoms with Gasteiger partial charge in [-0.2, -0.15) is 0 Å². The molecule has 8 nitrogen and oxygen atoms in total. The van der Waals surface area contributed by atoms with Crippen LogP contribution in [-0.4, -0.2) is 50.9 Å². The Kier molecular flexibility index (Phi) is 10.8. The molecule has 0 aliphatic heterocycles. The van der Waals surface area contributed by atoms with Gasteiger partial charge in [0.1, 0.15) is 18.3 Å². The molecule has 0 saturated carbocycles. The van der Waals surface area contributed by atoms with Gasteiger partial charge in [0.15, 0.2) is 0 Å². The molecule has 0 aromatic heterocycles. The van der Waals surface area contributed by atoms with Gasteiger partial charge in [-0.3, -0.25) is 13.9 Å². The van der Waals surface area contributed by atoms with Gasteiger partial charge in [-0.25, -0.2) is 8.42 Å². The van der Waals surface area contributed by atoms with Crippen molar-refractivity contribution >= 4 is 43.5 Å². The minimum Gasteiger partial charge on any atom is -0.497 e. The molecule has 3 aromatic carbocycles. The van der Waals surface area contributed by atoms with E-state index in [4.69, 9.17) is 4.74 Å². The lowest BCUT2D eigenvalue weighted by molar-refractivity contribution is -0.139. The maximum Gasteiger partial charge on any atom is 0.264 e. The molecule has 3 aromatic rings. The monoisotopic (exact) mass is 629 g/mol. The quantitative estimate of drug-likeness (QED) is 0.294. The molecule has 2 atom stereocenters. The number of hydrogen-bond acceptors (Lipinski definition) is 5. The number of sulfonamides is 1. The molecule has 2 unspecified atom stereocenters. The predicted octanol–water partition coefficient (Wildman–Crippen LogP) is 5.29. The fraction of sp³-hybridized carbons (Fsp3) is 0.333. The van der Waals surface area contributed by atoms with Crippen LogP contribution in [0.5, 0.6) is 5.75 Å². The van der Waals surface area contributed by atoms with Crippen LogP contribution in [-0.2, 0) is 26.2 Å². The molecular weight excluding hydrogens is 594 g/mol. The van der Waals surface area contributed by atoms with E-state index >= 15 is 0 Å². The number of anilines is 1. The van der Waals surface area contributed by atoms with E-state index in [9.17, 15) is 18.0 Å². The summed E-state index contributed by atoms with van der Waals surface area (Å²) in [5, 5.41) is 2.93. The molecular formula is C30H36BrN3O5S. The Morgan fingerprint density at radius 1 is 0.950 bits per heavy atom. The van der Waals surface area contributed by atoms with Gasteiger partial charge in [0.05, 0.1) is 17.7 Å². The number of ether oxygens (including phenoxy) is 1. The number of carbonyl (C=O) groups excluding carboxylic acids is 2. The van der Waals surface area contributed by atoms with Crippen molar-refractivity contribution in [3.8, 4) is 5.75 Å². The molecule has 0 aliphatic carbocycles. The summed E-state index contributed by atoms with van der Waals surface area (Å²) in [6, 6.07) is 19.4. The summed E-state index contributed by atoms with van der Waals surface area (Å²) in [6.45, 7) is 7.05. The maximum atomic E-state index is 14.0. The highest BCUT2D eigenvalue weighted by molar-refractivity contribution is 9.10. The van der Waals surface area contributed by atoms with Crippen molar-refractivity contribution in [1.29, 1.82) is 0 Å². The fourth-order valence-corrected chi connectivity index (χ4v) is 5.63. The lowest BCUT2D eigenvalue weighted by atomic mass is 10.1. The second-order valence-corrected chi connectivity index (χ2v) is 12.4. The Morgan fingerprint density at radius 2 is 1.55 bits per heavy atom. The van der Waals surface area contributed by atoms with Gasteiger partial charge in [0.25, 0.3) is 10.0 Å². The van der Waals surface area contributed by atoms with Crippen LogP contribution in [0.2, 0.25) is 0 Å². The first-order chi connectivity index (χ1) is 19.0. The van der Waals surface area contributed by atoms with Gasteiger partial charge in [-0.15, -0.1) is 0 Å². The molecule has 0 spiro atoms. The number of aryl methyl sites for hydroxylation is 1. The first kappa shape index (κ1) is 31.2. The molecule has 2 amide bonds. The largest absolute Gasteiger partial charge is 0.497 e. The standard InChI is InChI=1S/C30H36BrN3O5S/c1-6-22(3)32-30(36)23(4)33(19-24-9-11-25(31)12-10-24)29(35)20-34(26-13-7-21(2)8-14-26)40(37,38)28-17-15-27(39-5)16-18-28/h7-18,22-23H,6,19-20H2,1-5H3,(H,32,36). The normalized spacial score (nSPS) is 12.8. The number of nitrogens with zero attached hydrogens (tertiary/aromatic N) is 2. The van der Waals surface area contributed by atoms with Crippen molar-refractivity contribution in [2.45, 2.75) is 57.6 Å². The van der Waals surface area contributed by atoms with Crippen LogP contribution in [0, 0.1) is 6.92 Å². The third kappa shape index (κ3) is 7.85. The zero-order chi connectivity index (χ0) is 29.4. The first-order valence-electron chi connectivity index (χ1n) is 13.0. The van der Waals surface area contributed by atoms with Crippen molar-refractivity contribution in [2.75, 3.05) is 18.0 Å². The van der Waals surface area contributed by atoms with Crippen molar-refractivity contribution < 1.29 is 22.7 Å². The van der Waals surface area contributed by atoms with Gasteiger partial charge < -0.3 is 15.0 Å². The van der Waals surface area contributed by atoms with Gasteiger partial charge in [0, 0.05) is 17.1 Å². The summed E-state index contributed by atoms with van der Waals surface area (Å²) >= 11 is 3.42. The highest BCUT2D eigenvalue weighted by atomic mass is 79.9. The van der Waals surface area contributed by atoms with Crippen molar-refractivity contribution in [2.24, 2.45) is 0 Å². The minimum absolute atomic E-state index is 0.0173. The first-order valence-corrected chi connectivity index (χ1v) is 15.3. The summed E-state index contributed by atoms with van der Waals surface area (Å²) in [7, 11) is -2.65. The SMILES string of the molecule is CCC(C)NC(=O)C(C)N(Cc1ccc(Br)cc1)C(=O)CN(c1ccc(C)cc1)S(=O)(=O)c1ccc(OC)cc1. The van der Waals surface area contributed by atoms with E-state index in [1.807, 2.05) is 45.0 Å². The summed E-state index contributed by atoms with van der Waals surface area (Å²) in [5.41, 5.74) is 2.10. The molecule has 0 aliphatic rings. The molecule has 3 rings (SSSR count). The van der Waals surface area contributed by atoms with Crippen LogP contribution in [0.15, 0.2) is 82.2 Å². The summed E-state index contributed by atoms with van der Waals surface area (Å²) in [4.78, 5) is 28.5. The van der Waals surface area contributed by atoms with Crippen LogP contribution >= 0.6 is 15.9 Å². The predicted molar refractivity (Wildman–Crippen MR) is 161 cm³/mol. The Morgan fingerprint density at radius 3 is 2.10 bits per heavy atom. The number of amides is 2. The van der Waals surface area contributed by atoms with Crippen LogP contribution in [0.25, 0.3) is 0 Å². The number of halogens is 1. The second kappa shape index (κ2) is 13.8. The van der Waals surface area contributed by atoms with Gasteiger partial charge in [-0.05, 0) is 81.3 Å². The van der Waals surface area contributed by atoms with Gasteiger partial charge in [-0.1, -0.05) is 52.7 Å². The lowest BCUT2D eigenvalue weighted by Gasteiger charge is -2.32. The molecule has 214 valence electrons. The molecule has 10 heteroatoms. The Labute approximate surface area is 245 Å². The molecule has 0 bridgehead atoms. The van der Waals surface area contributed by atoms with Crippen molar-refractivity contribution in [1.82, 2.24) is 10.2 Å². The average Bonchev–Trinajstić information content (AvgIpc) is 2.95. The van der Waals surface area contributed by atoms with E-state index in [0.29, 0.717) is 11.4 Å². The molecule has 0 radical (unpaired) electrons. The van der Waals surface area contributed by atoms with Crippen LogP contribution in [0.3, 0.4) is 0 Å². The minimum atomic E-state index is -4.14. The number of hydrogen-bond donors (Lipinski definition) is 1. The van der Waals surface area contributed by atoms with Crippen LogP contribution in [0.4, 0.5) is 5.69 Å². The third-order valence-electron chi connectivity index (χ3n) is 6.68. The zero-order valence-corrected chi connectivity index (χ0v) is 25.8. The van der Waals surface area contributed by atoms with E-state index in [1.165, 1.54) is 24.1 Å². The third-order valence-corrected chi connectivity index (χ3v) is 9.00. The number of methoxy groups -OCH3 is 1. The van der Waals surface area contributed by atoms with E-state index in [2.05, 4.69) is 21.2 Å².